The van der Waals surface area contributed by atoms with E-state index in [0.717, 1.165) is 61.9 Å². The van der Waals surface area contributed by atoms with E-state index < -0.39 is 6.89 Å². The van der Waals surface area contributed by atoms with E-state index in [1.807, 2.05) is 36.4 Å². The molecule has 4 heteroatoms. The van der Waals surface area contributed by atoms with Crippen LogP contribution in [0.15, 0.2) is 216 Å². The molecular formula is C47H33N2OP. The van der Waals surface area contributed by atoms with Crippen molar-refractivity contribution in [3.63, 3.8) is 0 Å². The molecule has 242 valence electrons. The molecule has 0 radical (unpaired) electrons. The van der Waals surface area contributed by atoms with Gasteiger partial charge in [0.25, 0.3) is 0 Å². The predicted octanol–water partition coefficient (Wildman–Crippen LogP) is 10.3. The van der Waals surface area contributed by atoms with Crippen molar-refractivity contribution in [3.05, 3.63) is 217 Å². The molecule has 1 heterocycles. The third-order valence-corrected chi connectivity index (χ3v) is 13.8. The minimum atomic E-state index is -2.61. The van der Waals surface area contributed by atoms with Gasteiger partial charge >= 0.3 is 0 Å². The van der Waals surface area contributed by atoms with Crippen LogP contribution in [0.4, 0.5) is 11.4 Å². The second kappa shape index (κ2) is 13.2. The molecule has 0 spiro atoms. The molecule has 0 unspecified atom stereocenters. The van der Waals surface area contributed by atoms with Crippen LogP contribution in [0.25, 0.3) is 5.57 Å². The summed E-state index contributed by atoms with van der Waals surface area (Å²) in [6.07, 6.45) is 0. The lowest BCUT2D eigenvalue weighted by Gasteiger charge is -2.41. The summed E-state index contributed by atoms with van der Waals surface area (Å²) in [5, 5.41) is 4.89. The third-order valence-electron chi connectivity index (χ3n) is 9.47. The van der Waals surface area contributed by atoms with Crippen LogP contribution in [0.5, 0.6) is 11.5 Å². The Morgan fingerprint density at radius 1 is 0.333 bits per heavy atom. The Labute approximate surface area is 298 Å². The van der Waals surface area contributed by atoms with Gasteiger partial charge in [-0.25, -0.2) is 9.98 Å². The number of hydrogen-bond acceptors (Lipinski definition) is 3. The fourth-order valence-electron chi connectivity index (χ4n) is 7.28. The highest BCUT2D eigenvalue weighted by molar-refractivity contribution is 7.98. The van der Waals surface area contributed by atoms with E-state index in [2.05, 4.69) is 164 Å². The molecule has 1 aliphatic carbocycles. The summed E-state index contributed by atoms with van der Waals surface area (Å²) in [6, 6.07) is 70.2. The quantitative estimate of drug-likeness (QED) is 0.168. The zero-order valence-electron chi connectivity index (χ0n) is 27.8. The van der Waals surface area contributed by atoms with Crippen LogP contribution in [0.3, 0.4) is 0 Å². The smallest absolute Gasteiger partial charge is 0.135 e. The Balaban J connectivity index is 1.54. The fourth-order valence-corrected chi connectivity index (χ4v) is 11.8. The Hall–Kier alpha value is -6.28. The highest BCUT2D eigenvalue weighted by Gasteiger charge is 2.46. The molecule has 1 aliphatic heterocycles. The van der Waals surface area contributed by atoms with Crippen molar-refractivity contribution in [2.24, 2.45) is 9.98 Å². The van der Waals surface area contributed by atoms with Gasteiger partial charge < -0.3 is 4.74 Å². The van der Waals surface area contributed by atoms with Crippen LogP contribution in [-0.2, 0) is 0 Å². The lowest BCUT2D eigenvalue weighted by atomic mass is 9.77. The summed E-state index contributed by atoms with van der Waals surface area (Å²) in [7, 11) is 0. The Kier molecular flexibility index (Phi) is 7.97. The van der Waals surface area contributed by atoms with E-state index in [4.69, 9.17) is 14.7 Å². The molecule has 51 heavy (non-hydrogen) atoms. The van der Waals surface area contributed by atoms with Crippen molar-refractivity contribution in [2.45, 2.75) is 0 Å². The van der Waals surface area contributed by atoms with Gasteiger partial charge in [0.05, 0.1) is 22.8 Å². The number of aliphatic imine (C=N–C) groups is 2. The van der Waals surface area contributed by atoms with E-state index in [9.17, 15) is 0 Å². The van der Waals surface area contributed by atoms with Gasteiger partial charge in [-0.2, -0.15) is 0 Å². The minimum Gasteiger partial charge on any atom is -0.456 e. The van der Waals surface area contributed by atoms with Gasteiger partial charge in [0.15, 0.2) is 0 Å². The van der Waals surface area contributed by atoms with Gasteiger partial charge in [0.2, 0.25) is 0 Å². The van der Waals surface area contributed by atoms with Crippen LogP contribution >= 0.6 is 6.89 Å². The van der Waals surface area contributed by atoms with Crippen molar-refractivity contribution in [2.75, 3.05) is 0 Å². The number of allylic oxidation sites excluding steroid dienone is 1. The number of benzene rings is 7. The monoisotopic (exact) mass is 672 g/mol. The maximum atomic E-state index is 6.52. The van der Waals surface area contributed by atoms with Crippen molar-refractivity contribution < 1.29 is 4.74 Å². The molecule has 1 saturated carbocycles. The van der Waals surface area contributed by atoms with Crippen molar-refractivity contribution in [3.8, 4) is 11.5 Å². The summed E-state index contributed by atoms with van der Waals surface area (Å²) >= 11 is 0. The number of fused-ring (bicyclic) bond motifs is 2. The average Bonchev–Trinajstić information content (AvgIpc) is 3.21. The number of nitrogens with zero attached hydrogens (tertiary/aromatic N) is 2. The summed E-state index contributed by atoms with van der Waals surface area (Å²) in [5.74, 6) is 1.64. The SMILES string of the molecule is c1ccc(N=C2C(=C3c4ccccc4Oc4ccccc43)C(=Nc3ccccc3)C2=P(c2ccccc2)(c2ccccc2)c2ccccc2)cc1. The van der Waals surface area contributed by atoms with E-state index in [0.29, 0.717) is 0 Å². The molecule has 0 N–H and O–H groups in total. The Bertz CT molecular complexity index is 2310. The Morgan fingerprint density at radius 2 is 0.667 bits per heavy atom. The van der Waals surface area contributed by atoms with Crippen molar-refractivity contribution in [1.29, 1.82) is 0 Å². The van der Waals surface area contributed by atoms with Crippen LogP contribution < -0.4 is 20.7 Å². The van der Waals surface area contributed by atoms with Gasteiger partial charge in [0.1, 0.15) is 11.5 Å². The highest BCUT2D eigenvalue weighted by atomic mass is 31.2. The van der Waals surface area contributed by atoms with E-state index in [1.165, 1.54) is 15.9 Å². The largest absolute Gasteiger partial charge is 0.456 e. The van der Waals surface area contributed by atoms with Gasteiger partial charge in [-0.3, -0.25) is 0 Å². The lowest BCUT2D eigenvalue weighted by Crippen LogP contribution is -2.48. The van der Waals surface area contributed by atoms with Crippen LogP contribution in [0.1, 0.15) is 11.1 Å². The summed E-state index contributed by atoms with van der Waals surface area (Å²) in [6.45, 7) is -2.61. The molecular weight excluding hydrogens is 640 g/mol. The van der Waals surface area contributed by atoms with Crippen LogP contribution in [0.2, 0.25) is 0 Å². The van der Waals surface area contributed by atoms with Crippen LogP contribution in [-0.4, -0.2) is 16.7 Å². The zero-order chi connectivity index (χ0) is 34.0. The molecule has 9 rings (SSSR count). The number of rotatable bonds is 5. The van der Waals surface area contributed by atoms with E-state index in [-0.39, 0.29) is 0 Å². The highest BCUT2D eigenvalue weighted by Crippen LogP contribution is 2.54. The molecule has 2 aliphatic rings. The molecule has 1 fully saturated rings. The van der Waals surface area contributed by atoms with Crippen LogP contribution in [0, 0.1) is 0 Å². The first kappa shape index (κ1) is 30.8. The maximum absolute atomic E-state index is 6.52. The molecule has 7 aromatic rings. The second-order valence-electron chi connectivity index (χ2n) is 12.5. The molecule has 0 bridgehead atoms. The molecule has 0 aromatic heterocycles. The average molecular weight is 673 g/mol. The van der Waals surface area contributed by atoms with Gasteiger partial charge in [0, 0.05) is 27.6 Å². The molecule has 0 amide bonds. The summed E-state index contributed by atoms with van der Waals surface area (Å²) < 4.78 is 6.52. The lowest BCUT2D eigenvalue weighted by molar-refractivity contribution is 0.474. The number of para-hydroxylation sites is 4. The first-order valence-corrected chi connectivity index (χ1v) is 18.9. The number of hydrogen-bond donors (Lipinski definition) is 0. The zero-order valence-corrected chi connectivity index (χ0v) is 28.7. The van der Waals surface area contributed by atoms with Crippen molar-refractivity contribution in [1.82, 2.24) is 0 Å². The van der Waals surface area contributed by atoms with Gasteiger partial charge in [-0.15, -0.1) is 0 Å². The standard InChI is InChI=1S/C47H33N2OP/c1-6-20-34(21-7-1)48-45-44(43-39-30-16-18-32-41(39)50-42-33-19-17-31-40(42)43)46(49-35-22-8-2-9-23-35)47(45)51(36-24-10-3-11-25-36,37-26-12-4-13-27-37)38-28-14-5-15-29-38/h1-33H. The number of ether oxygens (including phenoxy) is 1. The van der Waals surface area contributed by atoms with Gasteiger partial charge in [-0.05, 0) is 59.2 Å². The first-order valence-electron chi connectivity index (χ1n) is 17.2. The maximum Gasteiger partial charge on any atom is 0.135 e. The fraction of sp³-hybridized carbons (Fsp3) is 0. The molecule has 3 nitrogen and oxygen atoms in total. The van der Waals surface area contributed by atoms with E-state index >= 15 is 0 Å². The second-order valence-corrected chi connectivity index (χ2v) is 15.8. The van der Waals surface area contributed by atoms with Gasteiger partial charge in [-0.1, -0.05) is 164 Å². The molecule has 7 aromatic carbocycles. The summed E-state index contributed by atoms with van der Waals surface area (Å²) in [4.78, 5) is 11.2. The molecule has 0 atom stereocenters. The molecule has 0 saturated heterocycles. The topological polar surface area (TPSA) is 34.0 Å². The summed E-state index contributed by atoms with van der Waals surface area (Å²) in [5.41, 5.74) is 7.82. The third kappa shape index (κ3) is 5.31. The van der Waals surface area contributed by atoms with E-state index in [1.54, 1.807) is 0 Å². The Morgan fingerprint density at radius 3 is 1.06 bits per heavy atom. The first-order chi connectivity index (χ1) is 25.3. The minimum absolute atomic E-state index is 0.820. The normalized spacial score (nSPS) is 15.2. The van der Waals surface area contributed by atoms with Crippen molar-refractivity contribution >= 4 is 56.5 Å². The predicted molar refractivity (Wildman–Crippen MR) is 216 cm³/mol.